The topological polar surface area (TPSA) is 23.8 Å². The van der Waals surface area contributed by atoms with E-state index in [0.717, 1.165) is 19.3 Å². The molecule has 0 fully saturated rings. The van der Waals surface area contributed by atoms with E-state index < -0.39 is 4.75 Å². The van der Waals surface area contributed by atoms with E-state index in [1.54, 1.807) is 0 Å². The SMILES string of the molecule is CCCCC(C)(S)C#N. The lowest BCUT2D eigenvalue weighted by Crippen LogP contribution is -2.11. The first-order valence-electron chi connectivity index (χ1n) is 3.26. The van der Waals surface area contributed by atoms with Crippen LogP contribution in [0.2, 0.25) is 0 Å². The molecule has 9 heavy (non-hydrogen) atoms. The Bertz CT molecular complexity index is 113. The predicted octanol–water partition coefficient (Wildman–Crippen LogP) is 2.39. The summed E-state index contributed by atoms with van der Waals surface area (Å²) in [5.74, 6) is 0. The second kappa shape index (κ2) is 3.79. The summed E-state index contributed by atoms with van der Waals surface area (Å²) in [7, 11) is 0. The van der Waals surface area contributed by atoms with E-state index in [0.29, 0.717) is 0 Å². The van der Waals surface area contributed by atoms with Crippen LogP contribution in [0.5, 0.6) is 0 Å². The Morgan fingerprint density at radius 2 is 2.22 bits per heavy atom. The van der Waals surface area contributed by atoms with Gasteiger partial charge in [-0.2, -0.15) is 17.9 Å². The molecule has 0 aliphatic rings. The number of unbranched alkanes of at least 4 members (excludes halogenated alkanes) is 1. The molecule has 0 rings (SSSR count). The lowest BCUT2D eigenvalue weighted by atomic mass is 10.1. The lowest BCUT2D eigenvalue weighted by Gasteiger charge is -2.11. The summed E-state index contributed by atoms with van der Waals surface area (Å²) in [6.45, 7) is 3.97. The van der Waals surface area contributed by atoms with E-state index in [1.165, 1.54) is 0 Å². The predicted molar refractivity (Wildman–Crippen MR) is 42.5 cm³/mol. The van der Waals surface area contributed by atoms with Crippen molar-refractivity contribution in [3.8, 4) is 6.07 Å². The van der Waals surface area contributed by atoms with Gasteiger partial charge in [0.25, 0.3) is 0 Å². The first kappa shape index (κ1) is 8.84. The van der Waals surface area contributed by atoms with Gasteiger partial charge in [-0.05, 0) is 13.3 Å². The highest BCUT2D eigenvalue weighted by Crippen LogP contribution is 2.19. The van der Waals surface area contributed by atoms with Crippen molar-refractivity contribution in [3.63, 3.8) is 0 Å². The van der Waals surface area contributed by atoms with Crippen molar-refractivity contribution in [1.29, 1.82) is 5.26 Å². The highest BCUT2D eigenvalue weighted by atomic mass is 32.1. The van der Waals surface area contributed by atoms with Gasteiger partial charge in [-0.15, -0.1) is 0 Å². The van der Waals surface area contributed by atoms with Crippen LogP contribution >= 0.6 is 12.6 Å². The van der Waals surface area contributed by atoms with Crippen LogP contribution in [0.4, 0.5) is 0 Å². The fraction of sp³-hybridized carbons (Fsp3) is 0.857. The van der Waals surface area contributed by atoms with Crippen LogP contribution in [-0.4, -0.2) is 4.75 Å². The van der Waals surface area contributed by atoms with Gasteiger partial charge in [-0.1, -0.05) is 19.8 Å². The van der Waals surface area contributed by atoms with Crippen LogP contribution < -0.4 is 0 Å². The molecular formula is C7H13NS. The Labute approximate surface area is 62.5 Å². The van der Waals surface area contributed by atoms with Gasteiger partial charge in [-0.3, -0.25) is 0 Å². The standard InChI is InChI=1S/C7H13NS/c1-3-4-5-7(2,9)6-8/h9H,3-5H2,1-2H3. The number of hydrogen-bond donors (Lipinski definition) is 1. The minimum absolute atomic E-state index is 0.407. The first-order chi connectivity index (χ1) is 4.12. The largest absolute Gasteiger partial charge is 0.197 e. The molecule has 0 aromatic rings. The summed E-state index contributed by atoms with van der Waals surface area (Å²) >= 11 is 4.16. The van der Waals surface area contributed by atoms with Gasteiger partial charge in [0.1, 0.15) is 0 Å². The molecule has 0 saturated carbocycles. The van der Waals surface area contributed by atoms with Gasteiger partial charge < -0.3 is 0 Å². The molecule has 1 atom stereocenters. The van der Waals surface area contributed by atoms with E-state index in [1.807, 2.05) is 6.92 Å². The molecule has 0 aromatic heterocycles. The minimum Gasteiger partial charge on any atom is -0.197 e. The van der Waals surface area contributed by atoms with Crippen molar-refractivity contribution in [2.45, 2.75) is 37.9 Å². The number of hydrogen-bond acceptors (Lipinski definition) is 2. The van der Waals surface area contributed by atoms with Crippen LogP contribution in [-0.2, 0) is 0 Å². The maximum Gasteiger partial charge on any atom is 0.0967 e. The second-order valence-corrected chi connectivity index (χ2v) is 3.48. The number of rotatable bonds is 3. The highest BCUT2D eigenvalue weighted by molar-refractivity contribution is 7.82. The zero-order valence-electron chi connectivity index (χ0n) is 6.02. The third-order valence-corrected chi connectivity index (χ3v) is 1.58. The Hall–Kier alpha value is -0.160. The molecule has 2 heteroatoms. The molecule has 1 unspecified atom stereocenters. The van der Waals surface area contributed by atoms with Crippen molar-refractivity contribution in [3.05, 3.63) is 0 Å². The molecule has 0 aliphatic carbocycles. The van der Waals surface area contributed by atoms with Gasteiger partial charge >= 0.3 is 0 Å². The third-order valence-electron chi connectivity index (χ3n) is 1.26. The molecule has 0 amide bonds. The Morgan fingerprint density at radius 1 is 1.67 bits per heavy atom. The van der Waals surface area contributed by atoms with Crippen LogP contribution in [0.25, 0.3) is 0 Å². The maximum atomic E-state index is 8.49. The normalized spacial score (nSPS) is 16.2. The lowest BCUT2D eigenvalue weighted by molar-refractivity contribution is 0.648. The van der Waals surface area contributed by atoms with E-state index in [4.69, 9.17) is 5.26 Å². The molecule has 0 aromatic carbocycles. The van der Waals surface area contributed by atoms with Crippen LogP contribution in [0.1, 0.15) is 33.1 Å². The molecule has 0 radical (unpaired) electrons. The molecule has 1 nitrogen and oxygen atoms in total. The van der Waals surface area contributed by atoms with Crippen molar-refractivity contribution < 1.29 is 0 Å². The Morgan fingerprint density at radius 3 is 2.56 bits per heavy atom. The Balaban J connectivity index is 3.49. The van der Waals surface area contributed by atoms with Crippen molar-refractivity contribution >= 4 is 12.6 Å². The number of nitriles is 1. The van der Waals surface area contributed by atoms with Gasteiger partial charge in [0.2, 0.25) is 0 Å². The molecule has 0 heterocycles. The molecule has 0 aliphatic heterocycles. The summed E-state index contributed by atoms with van der Waals surface area (Å²) < 4.78 is -0.407. The molecule has 0 saturated heterocycles. The zero-order valence-corrected chi connectivity index (χ0v) is 6.91. The summed E-state index contributed by atoms with van der Waals surface area (Å²) in [6, 6.07) is 2.14. The summed E-state index contributed by atoms with van der Waals surface area (Å²) in [4.78, 5) is 0. The van der Waals surface area contributed by atoms with Gasteiger partial charge in [-0.25, -0.2) is 0 Å². The fourth-order valence-electron chi connectivity index (χ4n) is 0.577. The van der Waals surface area contributed by atoms with Gasteiger partial charge in [0.15, 0.2) is 0 Å². The quantitative estimate of drug-likeness (QED) is 0.602. The number of thiol groups is 1. The first-order valence-corrected chi connectivity index (χ1v) is 3.71. The molecule has 0 N–H and O–H groups in total. The fourth-order valence-corrected chi connectivity index (χ4v) is 0.735. The maximum absolute atomic E-state index is 8.49. The highest BCUT2D eigenvalue weighted by Gasteiger charge is 2.15. The Kier molecular flexibility index (Phi) is 3.72. The van der Waals surface area contributed by atoms with Crippen LogP contribution in [0, 0.1) is 11.3 Å². The van der Waals surface area contributed by atoms with Gasteiger partial charge in [0.05, 0.1) is 10.8 Å². The second-order valence-electron chi connectivity index (χ2n) is 2.49. The van der Waals surface area contributed by atoms with E-state index in [2.05, 4.69) is 25.6 Å². The zero-order chi connectivity index (χ0) is 7.33. The molecule has 52 valence electrons. The van der Waals surface area contributed by atoms with Crippen molar-refractivity contribution in [2.24, 2.45) is 0 Å². The molecule has 0 bridgehead atoms. The summed E-state index contributed by atoms with van der Waals surface area (Å²) in [5.41, 5.74) is 0. The van der Waals surface area contributed by atoms with Gasteiger partial charge in [0, 0.05) is 0 Å². The van der Waals surface area contributed by atoms with E-state index in [-0.39, 0.29) is 0 Å². The average molecular weight is 143 g/mol. The van der Waals surface area contributed by atoms with Crippen molar-refractivity contribution in [2.75, 3.05) is 0 Å². The van der Waals surface area contributed by atoms with Crippen LogP contribution in [0.3, 0.4) is 0 Å². The summed E-state index contributed by atoms with van der Waals surface area (Å²) in [6.07, 6.45) is 3.12. The third kappa shape index (κ3) is 4.35. The minimum atomic E-state index is -0.407. The van der Waals surface area contributed by atoms with E-state index in [9.17, 15) is 0 Å². The average Bonchev–Trinajstić information content (AvgIpc) is 1.84. The smallest absolute Gasteiger partial charge is 0.0967 e. The summed E-state index contributed by atoms with van der Waals surface area (Å²) in [5, 5.41) is 8.49. The molecular weight excluding hydrogens is 130 g/mol. The monoisotopic (exact) mass is 143 g/mol. The number of nitrogens with zero attached hydrogens (tertiary/aromatic N) is 1. The van der Waals surface area contributed by atoms with Crippen LogP contribution in [0.15, 0.2) is 0 Å². The van der Waals surface area contributed by atoms with E-state index >= 15 is 0 Å². The molecule has 0 spiro atoms. The van der Waals surface area contributed by atoms with Crippen molar-refractivity contribution in [1.82, 2.24) is 0 Å².